The van der Waals surface area contributed by atoms with Crippen molar-refractivity contribution in [3.05, 3.63) is 29.3 Å². The van der Waals surface area contributed by atoms with Crippen molar-refractivity contribution in [1.82, 2.24) is 0 Å². The fourth-order valence-electron chi connectivity index (χ4n) is 2.70. The maximum Gasteiger partial charge on any atom is 0.250 e. The van der Waals surface area contributed by atoms with Gasteiger partial charge in [-0.2, -0.15) is 0 Å². The third-order valence-corrected chi connectivity index (χ3v) is 3.74. The molecule has 98 valence electrons. The summed E-state index contributed by atoms with van der Waals surface area (Å²) in [6.07, 6.45) is 3.46. The minimum Gasteiger partial charge on any atom is -0.381 e. The number of nitrogens with one attached hydrogen (secondary N) is 1. The van der Waals surface area contributed by atoms with Crippen molar-refractivity contribution >= 4 is 11.6 Å². The van der Waals surface area contributed by atoms with E-state index in [4.69, 9.17) is 11.5 Å². The third-order valence-electron chi connectivity index (χ3n) is 3.74. The van der Waals surface area contributed by atoms with Crippen LogP contribution < -0.4 is 16.8 Å². The Labute approximate surface area is 108 Å². The summed E-state index contributed by atoms with van der Waals surface area (Å²) in [5.74, 6) is 0.103. The Hall–Kier alpha value is -1.55. The molecule has 0 aliphatic heterocycles. The first-order chi connectivity index (χ1) is 8.61. The molecular weight excluding hydrogens is 226 g/mol. The maximum absolute atomic E-state index is 11.4. The zero-order valence-corrected chi connectivity index (χ0v) is 10.8. The van der Waals surface area contributed by atoms with Gasteiger partial charge in [-0.1, -0.05) is 12.5 Å². The number of benzene rings is 1. The summed E-state index contributed by atoms with van der Waals surface area (Å²) in [5, 5.41) is 3.45. The molecule has 0 spiro atoms. The fourth-order valence-corrected chi connectivity index (χ4v) is 2.70. The van der Waals surface area contributed by atoms with Crippen LogP contribution in [0.5, 0.6) is 0 Å². The lowest BCUT2D eigenvalue weighted by Crippen LogP contribution is -2.30. The van der Waals surface area contributed by atoms with Crippen LogP contribution in [0.1, 0.15) is 35.2 Å². The molecule has 0 heterocycles. The SMILES string of the molecule is Cc1ccc(C(N)=O)c(NC2CCCC2CN)c1. The average molecular weight is 247 g/mol. The number of rotatable bonds is 4. The Bertz CT molecular complexity index is 445. The summed E-state index contributed by atoms with van der Waals surface area (Å²) in [6, 6.07) is 6.02. The molecule has 2 atom stereocenters. The summed E-state index contributed by atoms with van der Waals surface area (Å²) < 4.78 is 0. The van der Waals surface area contributed by atoms with Gasteiger partial charge in [0.05, 0.1) is 5.56 Å². The van der Waals surface area contributed by atoms with Gasteiger partial charge in [-0.05, 0) is 49.9 Å². The molecule has 5 N–H and O–H groups in total. The Morgan fingerprint density at radius 1 is 1.44 bits per heavy atom. The minimum absolute atomic E-state index is 0.356. The maximum atomic E-state index is 11.4. The molecule has 4 heteroatoms. The number of carbonyl (C=O) groups excluding carboxylic acids is 1. The van der Waals surface area contributed by atoms with Gasteiger partial charge >= 0.3 is 0 Å². The van der Waals surface area contributed by atoms with Crippen molar-refractivity contribution < 1.29 is 4.79 Å². The number of aryl methyl sites for hydroxylation is 1. The lowest BCUT2D eigenvalue weighted by Gasteiger charge is -2.22. The third kappa shape index (κ3) is 2.64. The van der Waals surface area contributed by atoms with Crippen molar-refractivity contribution in [3.63, 3.8) is 0 Å². The molecule has 0 radical (unpaired) electrons. The molecule has 1 aromatic rings. The van der Waals surface area contributed by atoms with E-state index in [1.165, 1.54) is 6.42 Å². The van der Waals surface area contributed by atoms with Gasteiger partial charge in [-0.15, -0.1) is 0 Å². The lowest BCUT2D eigenvalue weighted by atomic mass is 10.0. The fraction of sp³-hybridized carbons (Fsp3) is 0.500. The summed E-state index contributed by atoms with van der Waals surface area (Å²) in [6.45, 7) is 2.69. The van der Waals surface area contributed by atoms with E-state index in [1.807, 2.05) is 19.1 Å². The molecule has 1 amide bonds. The lowest BCUT2D eigenvalue weighted by molar-refractivity contribution is 0.100. The highest BCUT2D eigenvalue weighted by Gasteiger charge is 2.26. The number of hydrogen-bond donors (Lipinski definition) is 3. The van der Waals surface area contributed by atoms with E-state index in [2.05, 4.69) is 5.32 Å². The Morgan fingerprint density at radius 3 is 2.89 bits per heavy atom. The molecule has 0 aromatic heterocycles. The molecule has 1 aromatic carbocycles. The highest BCUT2D eigenvalue weighted by atomic mass is 16.1. The van der Waals surface area contributed by atoms with Gasteiger partial charge in [0.25, 0.3) is 5.91 Å². The standard InChI is InChI=1S/C14H21N3O/c1-9-5-6-11(14(16)18)13(7-9)17-12-4-2-3-10(12)8-15/h5-7,10,12,17H,2-4,8,15H2,1H3,(H2,16,18). The Morgan fingerprint density at radius 2 is 2.22 bits per heavy atom. The quantitative estimate of drug-likeness (QED) is 0.756. The van der Waals surface area contributed by atoms with Crippen LogP contribution >= 0.6 is 0 Å². The van der Waals surface area contributed by atoms with E-state index < -0.39 is 0 Å². The van der Waals surface area contributed by atoms with Gasteiger partial charge in [0.15, 0.2) is 0 Å². The van der Waals surface area contributed by atoms with Gasteiger partial charge < -0.3 is 16.8 Å². The van der Waals surface area contributed by atoms with Crippen molar-refractivity contribution in [1.29, 1.82) is 0 Å². The molecule has 0 bridgehead atoms. The molecule has 18 heavy (non-hydrogen) atoms. The topological polar surface area (TPSA) is 81.1 Å². The first-order valence-corrected chi connectivity index (χ1v) is 6.49. The minimum atomic E-state index is -0.389. The molecule has 1 aliphatic rings. The summed E-state index contributed by atoms with van der Waals surface area (Å²) >= 11 is 0. The van der Waals surface area contributed by atoms with Crippen LogP contribution in [0.4, 0.5) is 5.69 Å². The molecule has 0 saturated heterocycles. The first-order valence-electron chi connectivity index (χ1n) is 6.49. The monoisotopic (exact) mass is 247 g/mol. The Balaban J connectivity index is 2.22. The zero-order chi connectivity index (χ0) is 13.1. The first kappa shape index (κ1) is 12.9. The largest absolute Gasteiger partial charge is 0.381 e. The van der Waals surface area contributed by atoms with Crippen LogP contribution in [0.25, 0.3) is 0 Å². The van der Waals surface area contributed by atoms with Crippen molar-refractivity contribution in [3.8, 4) is 0 Å². The summed E-state index contributed by atoms with van der Waals surface area (Å²) in [7, 11) is 0. The van der Waals surface area contributed by atoms with Crippen LogP contribution in [-0.4, -0.2) is 18.5 Å². The van der Waals surface area contributed by atoms with Gasteiger partial charge in [-0.3, -0.25) is 4.79 Å². The van der Waals surface area contributed by atoms with Crippen LogP contribution in [0.3, 0.4) is 0 Å². The second kappa shape index (κ2) is 5.40. The van der Waals surface area contributed by atoms with Gasteiger partial charge in [-0.25, -0.2) is 0 Å². The predicted molar refractivity (Wildman–Crippen MR) is 73.5 cm³/mol. The number of nitrogens with two attached hydrogens (primary N) is 2. The second-order valence-corrected chi connectivity index (χ2v) is 5.09. The molecule has 1 fully saturated rings. The number of amides is 1. The van der Waals surface area contributed by atoms with Crippen molar-refractivity contribution in [2.75, 3.05) is 11.9 Å². The van der Waals surface area contributed by atoms with E-state index in [0.717, 1.165) is 24.1 Å². The van der Waals surface area contributed by atoms with E-state index in [9.17, 15) is 4.79 Å². The number of carbonyl (C=O) groups is 1. The predicted octanol–water partition coefficient (Wildman–Crippen LogP) is 1.63. The normalized spacial score (nSPS) is 23.0. The molecule has 1 saturated carbocycles. The van der Waals surface area contributed by atoms with E-state index in [0.29, 0.717) is 24.1 Å². The summed E-state index contributed by atoms with van der Waals surface area (Å²) in [5.41, 5.74) is 13.7. The second-order valence-electron chi connectivity index (χ2n) is 5.09. The van der Waals surface area contributed by atoms with E-state index in [1.54, 1.807) is 6.07 Å². The van der Waals surface area contributed by atoms with E-state index >= 15 is 0 Å². The van der Waals surface area contributed by atoms with Crippen LogP contribution in [0.2, 0.25) is 0 Å². The molecule has 2 rings (SSSR count). The molecular formula is C14H21N3O. The number of hydrogen-bond acceptors (Lipinski definition) is 3. The van der Waals surface area contributed by atoms with Crippen LogP contribution in [0.15, 0.2) is 18.2 Å². The smallest absolute Gasteiger partial charge is 0.250 e. The molecule has 4 nitrogen and oxygen atoms in total. The van der Waals surface area contributed by atoms with Crippen LogP contribution in [0, 0.1) is 12.8 Å². The number of primary amides is 1. The number of anilines is 1. The molecule has 2 unspecified atom stereocenters. The summed E-state index contributed by atoms with van der Waals surface area (Å²) in [4.78, 5) is 11.4. The van der Waals surface area contributed by atoms with Crippen molar-refractivity contribution in [2.24, 2.45) is 17.4 Å². The van der Waals surface area contributed by atoms with Gasteiger partial charge in [0.2, 0.25) is 0 Å². The van der Waals surface area contributed by atoms with Gasteiger partial charge in [0, 0.05) is 11.7 Å². The van der Waals surface area contributed by atoms with E-state index in [-0.39, 0.29) is 5.91 Å². The average Bonchev–Trinajstić information content (AvgIpc) is 2.76. The van der Waals surface area contributed by atoms with Crippen LogP contribution in [-0.2, 0) is 0 Å². The van der Waals surface area contributed by atoms with Crippen molar-refractivity contribution in [2.45, 2.75) is 32.2 Å². The Kier molecular flexibility index (Phi) is 3.87. The van der Waals surface area contributed by atoms with Gasteiger partial charge in [0.1, 0.15) is 0 Å². The highest BCUT2D eigenvalue weighted by molar-refractivity contribution is 5.98. The zero-order valence-electron chi connectivity index (χ0n) is 10.8. The highest BCUT2D eigenvalue weighted by Crippen LogP contribution is 2.29. The molecule has 1 aliphatic carbocycles.